The molecule has 0 spiro atoms. The van der Waals surface area contributed by atoms with E-state index in [9.17, 15) is 8.78 Å². The fourth-order valence-electron chi connectivity index (χ4n) is 2.88. The van der Waals surface area contributed by atoms with Crippen LogP contribution in [0.25, 0.3) is 10.9 Å². The summed E-state index contributed by atoms with van der Waals surface area (Å²) in [4.78, 5) is 4.55. The van der Waals surface area contributed by atoms with E-state index < -0.39 is 11.6 Å². The second-order valence-electron chi connectivity index (χ2n) is 6.42. The van der Waals surface area contributed by atoms with Gasteiger partial charge in [-0.2, -0.15) is 0 Å². The minimum atomic E-state index is -0.830. The molecule has 0 saturated heterocycles. The van der Waals surface area contributed by atoms with Crippen LogP contribution in [0.15, 0.2) is 36.4 Å². The first-order chi connectivity index (χ1) is 11.9. The third kappa shape index (κ3) is 3.65. The maximum absolute atomic E-state index is 13.4. The molecule has 1 atom stereocenters. The van der Waals surface area contributed by atoms with Crippen LogP contribution in [0, 0.1) is 25.5 Å². The largest absolute Gasteiger partial charge is 0.336 e. The molecule has 0 aliphatic rings. The van der Waals surface area contributed by atoms with Crippen LogP contribution >= 0.6 is 11.6 Å². The zero-order valence-electron chi connectivity index (χ0n) is 14.4. The van der Waals surface area contributed by atoms with Gasteiger partial charge in [0, 0.05) is 16.5 Å². The quantitative estimate of drug-likeness (QED) is 0.676. The van der Waals surface area contributed by atoms with E-state index in [4.69, 9.17) is 11.6 Å². The first-order valence-electron chi connectivity index (χ1n) is 8.20. The summed E-state index contributed by atoms with van der Waals surface area (Å²) >= 11 is 6.36. The van der Waals surface area contributed by atoms with Crippen molar-refractivity contribution in [1.82, 2.24) is 4.98 Å². The summed E-state index contributed by atoms with van der Waals surface area (Å²) in [5.74, 6) is -1.66. The van der Waals surface area contributed by atoms with Crippen LogP contribution in [-0.2, 0) is 6.54 Å². The maximum Gasteiger partial charge on any atom is 0.159 e. The summed E-state index contributed by atoms with van der Waals surface area (Å²) < 4.78 is 26.5. The normalized spacial score (nSPS) is 12.6. The van der Waals surface area contributed by atoms with Gasteiger partial charge < -0.3 is 5.32 Å². The predicted octanol–water partition coefficient (Wildman–Crippen LogP) is 4.61. The van der Waals surface area contributed by atoms with Crippen LogP contribution in [0.1, 0.15) is 35.2 Å². The molecule has 2 nitrogen and oxygen atoms in total. The molecule has 25 heavy (non-hydrogen) atoms. The number of benzene rings is 2. The Morgan fingerprint density at radius 1 is 1.08 bits per heavy atom. The minimum absolute atomic E-state index is 0.0263. The van der Waals surface area contributed by atoms with Crippen LogP contribution in [-0.4, -0.2) is 4.98 Å². The molecule has 1 aromatic heterocycles. The monoisotopic (exact) mass is 361 g/mol. The molecule has 0 aliphatic heterocycles. The summed E-state index contributed by atoms with van der Waals surface area (Å²) in [6.45, 7) is 6.64. The standard InChI is InChI=1S/C20H19ClF2N2/c1-11-4-5-15-8-16(20(21)25-19(15)12(11)2)10-24-13(3)14-6-7-17(22)18(23)9-14/h4-9,13,24H,10H2,1-3H3/p+1/t13-/m0/s1. The molecule has 0 unspecified atom stereocenters. The van der Waals surface area contributed by atoms with Gasteiger partial charge in [-0.3, -0.25) is 0 Å². The topological polar surface area (TPSA) is 29.5 Å². The van der Waals surface area contributed by atoms with Crippen molar-refractivity contribution in [3.63, 3.8) is 0 Å². The van der Waals surface area contributed by atoms with Crippen molar-refractivity contribution in [2.24, 2.45) is 0 Å². The van der Waals surface area contributed by atoms with Crippen molar-refractivity contribution in [3.8, 4) is 0 Å². The van der Waals surface area contributed by atoms with Crippen LogP contribution in [0.5, 0.6) is 0 Å². The number of quaternary nitrogens is 1. The van der Waals surface area contributed by atoms with Gasteiger partial charge in [0.2, 0.25) is 0 Å². The highest BCUT2D eigenvalue weighted by atomic mass is 35.5. The predicted molar refractivity (Wildman–Crippen MR) is 96.6 cm³/mol. The van der Waals surface area contributed by atoms with Gasteiger partial charge in [0.25, 0.3) is 0 Å². The highest BCUT2D eigenvalue weighted by Gasteiger charge is 2.14. The van der Waals surface area contributed by atoms with E-state index in [1.165, 1.54) is 11.6 Å². The Bertz CT molecular complexity index is 941. The van der Waals surface area contributed by atoms with Crippen LogP contribution < -0.4 is 5.32 Å². The van der Waals surface area contributed by atoms with Crippen molar-refractivity contribution in [3.05, 3.63) is 75.4 Å². The Labute approximate surface area is 150 Å². The highest BCUT2D eigenvalue weighted by molar-refractivity contribution is 6.30. The van der Waals surface area contributed by atoms with Crippen LogP contribution in [0.2, 0.25) is 5.15 Å². The summed E-state index contributed by atoms with van der Waals surface area (Å²) in [7, 11) is 0. The molecule has 0 fully saturated rings. The molecule has 0 saturated carbocycles. The van der Waals surface area contributed by atoms with Gasteiger partial charge in [-0.15, -0.1) is 0 Å². The van der Waals surface area contributed by atoms with Gasteiger partial charge in [0.05, 0.1) is 5.52 Å². The summed E-state index contributed by atoms with van der Waals surface area (Å²) in [5, 5.41) is 3.56. The molecular formula is C20H20ClF2N2+. The second kappa shape index (κ2) is 7.06. The van der Waals surface area contributed by atoms with Crippen molar-refractivity contribution in [1.29, 1.82) is 0 Å². The Kier molecular flexibility index (Phi) is 5.02. The molecule has 1 heterocycles. The SMILES string of the molecule is Cc1ccc2cc(C[NH2+][C@@H](C)c3ccc(F)c(F)c3)c(Cl)nc2c1C. The zero-order valence-corrected chi connectivity index (χ0v) is 15.2. The third-order valence-corrected chi connectivity index (χ3v) is 5.03. The average Bonchev–Trinajstić information content (AvgIpc) is 2.59. The summed E-state index contributed by atoms with van der Waals surface area (Å²) in [6, 6.07) is 10.1. The molecule has 2 aromatic carbocycles. The number of halogens is 3. The van der Waals surface area contributed by atoms with E-state index in [0.29, 0.717) is 11.7 Å². The molecule has 3 aromatic rings. The van der Waals surface area contributed by atoms with E-state index in [-0.39, 0.29) is 6.04 Å². The highest BCUT2D eigenvalue weighted by Crippen LogP contribution is 2.24. The number of rotatable bonds is 4. The molecule has 3 rings (SSSR count). The number of aromatic nitrogens is 1. The lowest BCUT2D eigenvalue weighted by Gasteiger charge is -2.13. The molecule has 0 radical (unpaired) electrons. The molecule has 0 aliphatic carbocycles. The van der Waals surface area contributed by atoms with E-state index in [1.54, 1.807) is 6.07 Å². The van der Waals surface area contributed by atoms with E-state index >= 15 is 0 Å². The zero-order chi connectivity index (χ0) is 18.1. The molecular weight excluding hydrogens is 342 g/mol. The van der Waals surface area contributed by atoms with Gasteiger partial charge in [-0.25, -0.2) is 13.8 Å². The lowest BCUT2D eigenvalue weighted by Crippen LogP contribution is -2.83. The second-order valence-corrected chi connectivity index (χ2v) is 6.78. The van der Waals surface area contributed by atoms with Crippen molar-refractivity contribution < 1.29 is 14.1 Å². The molecule has 0 amide bonds. The number of hydrogen-bond donors (Lipinski definition) is 1. The van der Waals surface area contributed by atoms with Gasteiger partial charge in [0.1, 0.15) is 17.7 Å². The van der Waals surface area contributed by atoms with E-state index in [0.717, 1.165) is 33.7 Å². The smallest absolute Gasteiger partial charge is 0.159 e. The van der Waals surface area contributed by atoms with E-state index in [2.05, 4.69) is 18.0 Å². The van der Waals surface area contributed by atoms with Crippen LogP contribution in [0.3, 0.4) is 0 Å². The first kappa shape index (κ1) is 17.8. The Morgan fingerprint density at radius 2 is 1.84 bits per heavy atom. The number of nitrogens with two attached hydrogens (primary N) is 1. The van der Waals surface area contributed by atoms with Crippen molar-refractivity contribution >= 4 is 22.5 Å². The van der Waals surface area contributed by atoms with Gasteiger partial charge >= 0.3 is 0 Å². The number of pyridine rings is 1. The Hall–Kier alpha value is -2.04. The molecule has 130 valence electrons. The maximum atomic E-state index is 13.4. The average molecular weight is 362 g/mol. The first-order valence-corrected chi connectivity index (χ1v) is 8.58. The third-order valence-electron chi connectivity index (χ3n) is 4.70. The summed E-state index contributed by atoms with van der Waals surface area (Å²) in [6.07, 6.45) is 0. The molecule has 2 N–H and O–H groups in total. The van der Waals surface area contributed by atoms with E-state index in [1.807, 2.05) is 31.3 Å². The van der Waals surface area contributed by atoms with Crippen LogP contribution in [0.4, 0.5) is 8.78 Å². The minimum Gasteiger partial charge on any atom is -0.336 e. The van der Waals surface area contributed by atoms with Gasteiger partial charge in [0.15, 0.2) is 11.6 Å². The van der Waals surface area contributed by atoms with Gasteiger partial charge in [-0.1, -0.05) is 23.7 Å². The number of fused-ring (bicyclic) bond motifs is 1. The Balaban J connectivity index is 1.82. The number of nitrogens with zero attached hydrogens (tertiary/aromatic N) is 1. The van der Waals surface area contributed by atoms with Crippen molar-refractivity contribution in [2.45, 2.75) is 33.4 Å². The number of aryl methyl sites for hydroxylation is 2. The number of hydrogen-bond acceptors (Lipinski definition) is 1. The lowest BCUT2D eigenvalue weighted by molar-refractivity contribution is -0.707. The van der Waals surface area contributed by atoms with Gasteiger partial charge in [-0.05, 0) is 56.2 Å². The Morgan fingerprint density at radius 3 is 2.56 bits per heavy atom. The van der Waals surface area contributed by atoms with Crippen molar-refractivity contribution in [2.75, 3.05) is 0 Å². The molecule has 0 bridgehead atoms. The fraction of sp³-hybridized carbons (Fsp3) is 0.250. The fourth-order valence-corrected chi connectivity index (χ4v) is 3.10. The lowest BCUT2D eigenvalue weighted by atomic mass is 10.0. The molecule has 5 heteroatoms. The summed E-state index contributed by atoms with van der Waals surface area (Å²) in [5.41, 5.74) is 4.89.